The summed E-state index contributed by atoms with van der Waals surface area (Å²) in [6.07, 6.45) is 3.93. The molecule has 1 aliphatic heterocycles. The number of hydrogen-bond acceptors (Lipinski definition) is 3. The van der Waals surface area contributed by atoms with Crippen LogP contribution in [0.5, 0.6) is 0 Å². The van der Waals surface area contributed by atoms with Crippen molar-refractivity contribution in [3.63, 3.8) is 0 Å². The lowest BCUT2D eigenvalue weighted by Gasteiger charge is -2.25. The molecule has 0 atom stereocenters. The number of carbonyl (C=O) groups is 1. The number of rotatable bonds is 4. The van der Waals surface area contributed by atoms with Gasteiger partial charge in [0, 0.05) is 19.2 Å². The van der Waals surface area contributed by atoms with Crippen LogP contribution in [0.25, 0.3) is 0 Å². The number of aromatic nitrogens is 1. The maximum Gasteiger partial charge on any atom is 0.179 e. The topological polar surface area (TPSA) is 33.4 Å². The largest absolute Gasteiger partial charge is 0.379 e. The average Bonchev–Trinajstić information content (AvgIpc) is 2.38. The first-order valence-electron chi connectivity index (χ1n) is 6.06. The van der Waals surface area contributed by atoms with Gasteiger partial charge in [0.15, 0.2) is 24.7 Å². The lowest BCUT2D eigenvalue weighted by atomic mass is 10.2. The molecule has 1 aromatic rings. The van der Waals surface area contributed by atoms with E-state index in [4.69, 9.17) is 4.74 Å². The van der Waals surface area contributed by atoms with Crippen molar-refractivity contribution in [3.8, 4) is 0 Å². The quantitative estimate of drug-likeness (QED) is 0.563. The normalized spacial score (nSPS) is 17.0. The van der Waals surface area contributed by atoms with Gasteiger partial charge in [-0.15, -0.1) is 0 Å². The zero-order chi connectivity index (χ0) is 12.1. The molecule has 0 aliphatic carbocycles. The fourth-order valence-corrected chi connectivity index (χ4v) is 1.95. The number of ether oxygens (including phenoxy) is 1. The first-order chi connectivity index (χ1) is 8.25. The van der Waals surface area contributed by atoms with E-state index < -0.39 is 0 Å². The first kappa shape index (κ1) is 12.2. The Morgan fingerprint density at radius 2 is 2.24 bits per heavy atom. The summed E-state index contributed by atoms with van der Waals surface area (Å²) in [6.45, 7) is 7.20. The Hall–Kier alpha value is -1.26. The highest BCUT2D eigenvalue weighted by atomic mass is 16.5. The monoisotopic (exact) mass is 235 g/mol. The van der Waals surface area contributed by atoms with Gasteiger partial charge in [-0.1, -0.05) is 0 Å². The Labute approximate surface area is 102 Å². The molecule has 2 heterocycles. The number of pyridine rings is 1. The van der Waals surface area contributed by atoms with Gasteiger partial charge in [-0.3, -0.25) is 9.69 Å². The zero-order valence-electron chi connectivity index (χ0n) is 10.3. The van der Waals surface area contributed by atoms with Crippen LogP contribution < -0.4 is 4.57 Å². The van der Waals surface area contributed by atoms with Crippen molar-refractivity contribution >= 4 is 5.78 Å². The molecule has 0 N–H and O–H groups in total. The zero-order valence-corrected chi connectivity index (χ0v) is 10.3. The fraction of sp³-hybridized carbons (Fsp3) is 0.538. The van der Waals surface area contributed by atoms with Crippen LogP contribution in [0.2, 0.25) is 0 Å². The van der Waals surface area contributed by atoms with Gasteiger partial charge < -0.3 is 4.74 Å². The third kappa shape index (κ3) is 3.61. The Bertz CT molecular complexity index is 387. The van der Waals surface area contributed by atoms with Crippen molar-refractivity contribution in [2.75, 3.05) is 32.8 Å². The standard InChI is InChI=1S/C13H19N2O2/c1-12(16)13-3-2-4-15(11-13)6-5-14-7-9-17-10-8-14/h2-4,11H,5-10H2,1H3/q+1. The van der Waals surface area contributed by atoms with Gasteiger partial charge in [0.2, 0.25) is 0 Å². The lowest BCUT2D eigenvalue weighted by molar-refractivity contribution is -0.696. The molecule has 1 aromatic heterocycles. The van der Waals surface area contributed by atoms with Crippen molar-refractivity contribution in [3.05, 3.63) is 30.1 Å². The van der Waals surface area contributed by atoms with E-state index in [-0.39, 0.29) is 5.78 Å². The first-order valence-corrected chi connectivity index (χ1v) is 6.06. The van der Waals surface area contributed by atoms with Crippen molar-refractivity contribution in [2.45, 2.75) is 13.5 Å². The Kier molecular flexibility index (Phi) is 4.23. The fourth-order valence-electron chi connectivity index (χ4n) is 1.95. The minimum Gasteiger partial charge on any atom is -0.379 e. The number of nitrogens with zero attached hydrogens (tertiary/aromatic N) is 2. The molecule has 0 spiro atoms. The Morgan fingerprint density at radius 3 is 2.94 bits per heavy atom. The van der Waals surface area contributed by atoms with Gasteiger partial charge in [0.05, 0.1) is 25.3 Å². The molecule has 4 nitrogen and oxygen atoms in total. The number of Topliss-reactive ketones (excluding diaryl/α,β-unsaturated/α-hetero) is 1. The van der Waals surface area contributed by atoms with E-state index in [1.165, 1.54) is 0 Å². The molecule has 1 aliphatic rings. The minimum absolute atomic E-state index is 0.116. The average molecular weight is 235 g/mol. The Balaban J connectivity index is 1.89. The van der Waals surface area contributed by atoms with Gasteiger partial charge in [0.1, 0.15) is 0 Å². The SMILES string of the molecule is CC(=O)c1ccc[n+](CCN2CCOCC2)c1. The highest BCUT2D eigenvalue weighted by Crippen LogP contribution is 1.97. The Morgan fingerprint density at radius 1 is 1.47 bits per heavy atom. The van der Waals surface area contributed by atoms with E-state index in [9.17, 15) is 4.79 Å². The summed E-state index contributed by atoms with van der Waals surface area (Å²) in [5, 5.41) is 0. The molecule has 0 unspecified atom stereocenters. The van der Waals surface area contributed by atoms with Crippen molar-refractivity contribution < 1.29 is 14.1 Å². The summed E-state index contributed by atoms with van der Waals surface area (Å²) in [4.78, 5) is 13.6. The second kappa shape index (κ2) is 5.89. The van der Waals surface area contributed by atoms with E-state index in [1.54, 1.807) is 6.92 Å². The predicted octanol–water partition coefficient (Wildman–Crippen LogP) is 0.509. The van der Waals surface area contributed by atoms with E-state index in [1.807, 2.05) is 24.5 Å². The molecule has 0 radical (unpaired) electrons. The number of morpholine rings is 1. The van der Waals surface area contributed by atoms with Crippen LogP contribution in [0, 0.1) is 0 Å². The van der Waals surface area contributed by atoms with E-state index in [0.29, 0.717) is 0 Å². The van der Waals surface area contributed by atoms with E-state index in [2.05, 4.69) is 9.47 Å². The molecule has 4 heteroatoms. The number of carbonyl (C=O) groups excluding carboxylic acids is 1. The smallest absolute Gasteiger partial charge is 0.179 e. The third-order valence-electron chi connectivity index (χ3n) is 3.04. The van der Waals surface area contributed by atoms with Crippen molar-refractivity contribution in [1.82, 2.24) is 4.90 Å². The van der Waals surface area contributed by atoms with Gasteiger partial charge in [-0.05, 0) is 13.0 Å². The van der Waals surface area contributed by atoms with Crippen LogP contribution in [0.4, 0.5) is 0 Å². The summed E-state index contributed by atoms with van der Waals surface area (Å²) in [5.41, 5.74) is 0.773. The van der Waals surface area contributed by atoms with Gasteiger partial charge in [-0.25, -0.2) is 4.57 Å². The summed E-state index contributed by atoms with van der Waals surface area (Å²) in [5.74, 6) is 0.116. The van der Waals surface area contributed by atoms with Crippen LogP contribution >= 0.6 is 0 Å². The summed E-state index contributed by atoms with van der Waals surface area (Å²) < 4.78 is 7.38. The third-order valence-corrected chi connectivity index (χ3v) is 3.04. The van der Waals surface area contributed by atoms with Crippen molar-refractivity contribution in [2.24, 2.45) is 0 Å². The highest BCUT2D eigenvalue weighted by Gasteiger charge is 2.12. The van der Waals surface area contributed by atoms with E-state index in [0.717, 1.165) is 45.0 Å². The molecule has 0 saturated carbocycles. The molecule has 2 rings (SSSR count). The molecule has 0 amide bonds. The predicted molar refractivity (Wildman–Crippen MR) is 63.9 cm³/mol. The molecule has 0 aromatic carbocycles. The molecule has 0 bridgehead atoms. The molecular formula is C13H19N2O2+. The summed E-state index contributed by atoms with van der Waals surface area (Å²) in [7, 11) is 0. The van der Waals surface area contributed by atoms with E-state index >= 15 is 0 Å². The maximum absolute atomic E-state index is 11.3. The minimum atomic E-state index is 0.116. The molecule has 92 valence electrons. The highest BCUT2D eigenvalue weighted by molar-refractivity contribution is 5.93. The maximum atomic E-state index is 11.3. The number of ketones is 1. The van der Waals surface area contributed by atoms with Gasteiger partial charge in [-0.2, -0.15) is 0 Å². The summed E-state index contributed by atoms with van der Waals surface area (Å²) in [6, 6.07) is 3.78. The van der Waals surface area contributed by atoms with Crippen LogP contribution in [0.15, 0.2) is 24.5 Å². The van der Waals surface area contributed by atoms with Crippen LogP contribution in [0.1, 0.15) is 17.3 Å². The van der Waals surface area contributed by atoms with Crippen molar-refractivity contribution in [1.29, 1.82) is 0 Å². The second-order valence-electron chi connectivity index (χ2n) is 4.34. The second-order valence-corrected chi connectivity index (χ2v) is 4.34. The molecule has 17 heavy (non-hydrogen) atoms. The van der Waals surface area contributed by atoms with Crippen LogP contribution in [-0.2, 0) is 11.3 Å². The van der Waals surface area contributed by atoms with Gasteiger partial charge in [0.25, 0.3) is 0 Å². The molecule has 1 fully saturated rings. The molecule has 1 saturated heterocycles. The lowest BCUT2D eigenvalue weighted by Crippen LogP contribution is -2.44. The molecular weight excluding hydrogens is 216 g/mol. The van der Waals surface area contributed by atoms with Crippen LogP contribution in [0.3, 0.4) is 0 Å². The van der Waals surface area contributed by atoms with Crippen LogP contribution in [-0.4, -0.2) is 43.5 Å². The summed E-state index contributed by atoms with van der Waals surface area (Å²) >= 11 is 0. The number of hydrogen-bond donors (Lipinski definition) is 0. The van der Waals surface area contributed by atoms with Gasteiger partial charge >= 0.3 is 0 Å².